The zero-order valence-corrected chi connectivity index (χ0v) is 8.26. The number of carbonyl (C=O) groups excluding carboxylic acids is 1. The van der Waals surface area contributed by atoms with Gasteiger partial charge in [-0.1, -0.05) is 5.92 Å². The van der Waals surface area contributed by atoms with Gasteiger partial charge in [-0.25, -0.2) is 0 Å². The van der Waals surface area contributed by atoms with E-state index in [4.69, 9.17) is 9.47 Å². The summed E-state index contributed by atoms with van der Waals surface area (Å²) in [6.07, 6.45) is 0.780. The summed E-state index contributed by atoms with van der Waals surface area (Å²) >= 11 is 0. The Bertz CT molecular complexity index is 188. The lowest BCUT2D eigenvalue weighted by molar-refractivity contribution is -0.119. The van der Waals surface area contributed by atoms with Gasteiger partial charge in [-0.3, -0.25) is 4.79 Å². The largest absolute Gasteiger partial charge is 0.382 e. The van der Waals surface area contributed by atoms with Crippen LogP contribution in [0, 0.1) is 11.8 Å². The van der Waals surface area contributed by atoms with Crippen LogP contribution >= 0.6 is 0 Å². The number of ether oxygens (including phenoxy) is 2. The molecular formula is C10H16O3. The molecule has 0 saturated heterocycles. The lowest BCUT2D eigenvalue weighted by atomic mass is 10.2. The summed E-state index contributed by atoms with van der Waals surface area (Å²) < 4.78 is 9.91. The zero-order chi connectivity index (χ0) is 9.94. The fraction of sp³-hybridized carbons (Fsp3) is 0.700. The molecule has 74 valence electrons. The van der Waals surface area contributed by atoms with Crippen molar-refractivity contribution in [2.45, 2.75) is 19.8 Å². The van der Waals surface area contributed by atoms with Gasteiger partial charge in [-0.15, -0.1) is 5.92 Å². The van der Waals surface area contributed by atoms with E-state index in [1.165, 1.54) is 0 Å². The predicted octanol–water partition coefficient (Wildman–Crippen LogP) is 1.02. The van der Waals surface area contributed by atoms with Crippen LogP contribution in [0.15, 0.2) is 0 Å². The van der Waals surface area contributed by atoms with Gasteiger partial charge in [-0.05, 0) is 6.92 Å². The van der Waals surface area contributed by atoms with Crippen molar-refractivity contribution in [3.05, 3.63) is 0 Å². The second kappa shape index (κ2) is 9.24. The average Bonchev–Trinajstić information content (AvgIpc) is 2.14. The molecule has 0 heterocycles. The van der Waals surface area contributed by atoms with Crippen LogP contribution in [0.2, 0.25) is 0 Å². The highest BCUT2D eigenvalue weighted by Crippen LogP contribution is 1.89. The summed E-state index contributed by atoms with van der Waals surface area (Å²) in [6.45, 7) is 3.31. The molecule has 3 heteroatoms. The fourth-order valence-electron chi connectivity index (χ4n) is 0.706. The number of Topliss-reactive ketones (excluding diaryl/α,β-unsaturated/α-hetero) is 1. The first kappa shape index (κ1) is 12.2. The van der Waals surface area contributed by atoms with E-state index in [9.17, 15) is 4.79 Å². The summed E-state index contributed by atoms with van der Waals surface area (Å²) in [4.78, 5) is 11.0. The minimum Gasteiger partial charge on any atom is -0.382 e. The maximum atomic E-state index is 11.0. The maximum absolute atomic E-state index is 11.0. The van der Waals surface area contributed by atoms with Crippen molar-refractivity contribution >= 4 is 5.78 Å². The van der Waals surface area contributed by atoms with E-state index in [1.807, 2.05) is 0 Å². The summed E-state index contributed by atoms with van der Waals surface area (Å²) in [7, 11) is 1.62. The molecule has 0 rings (SSSR count). The second-order valence-corrected chi connectivity index (χ2v) is 2.50. The highest BCUT2D eigenvalue weighted by molar-refractivity contribution is 5.80. The van der Waals surface area contributed by atoms with Crippen LogP contribution in [-0.4, -0.2) is 32.7 Å². The first-order valence-electron chi connectivity index (χ1n) is 4.29. The Morgan fingerprint density at radius 3 is 2.69 bits per heavy atom. The Kier molecular flexibility index (Phi) is 8.64. The highest BCUT2D eigenvalue weighted by Gasteiger charge is 1.98. The number of carbonyl (C=O) groups is 1. The van der Waals surface area contributed by atoms with E-state index in [0.29, 0.717) is 32.7 Å². The molecular weight excluding hydrogens is 168 g/mol. The molecule has 0 N–H and O–H groups in total. The summed E-state index contributed by atoms with van der Waals surface area (Å²) in [5, 5.41) is 0. The zero-order valence-electron chi connectivity index (χ0n) is 8.26. The van der Waals surface area contributed by atoms with Gasteiger partial charge in [0.2, 0.25) is 0 Å². The van der Waals surface area contributed by atoms with E-state index in [-0.39, 0.29) is 5.78 Å². The number of rotatable bonds is 7. The number of hydrogen-bond acceptors (Lipinski definition) is 3. The normalized spacial score (nSPS) is 9.08. The van der Waals surface area contributed by atoms with Gasteiger partial charge < -0.3 is 9.47 Å². The number of hydrogen-bond donors (Lipinski definition) is 0. The van der Waals surface area contributed by atoms with Crippen molar-refractivity contribution in [1.82, 2.24) is 0 Å². The monoisotopic (exact) mass is 184 g/mol. The lowest BCUT2D eigenvalue weighted by Crippen LogP contribution is -2.07. The number of methoxy groups -OCH3 is 1. The van der Waals surface area contributed by atoms with Crippen LogP contribution in [0.5, 0.6) is 0 Å². The average molecular weight is 184 g/mol. The highest BCUT2D eigenvalue weighted by atomic mass is 16.5. The van der Waals surface area contributed by atoms with E-state index in [0.717, 1.165) is 0 Å². The van der Waals surface area contributed by atoms with Gasteiger partial charge in [0.05, 0.1) is 26.2 Å². The SMILES string of the molecule is CC#CCC(=O)CCOCCOC. The Morgan fingerprint density at radius 2 is 2.08 bits per heavy atom. The van der Waals surface area contributed by atoms with Gasteiger partial charge in [0.25, 0.3) is 0 Å². The molecule has 0 aliphatic rings. The molecule has 0 fully saturated rings. The van der Waals surface area contributed by atoms with Crippen molar-refractivity contribution in [1.29, 1.82) is 0 Å². The fourth-order valence-corrected chi connectivity index (χ4v) is 0.706. The molecule has 0 aromatic heterocycles. The summed E-state index contributed by atoms with van der Waals surface area (Å²) in [6, 6.07) is 0. The van der Waals surface area contributed by atoms with Crippen molar-refractivity contribution in [2.24, 2.45) is 0 Å². The molecule has 0 aliphatic heterocycles. The smallest absolute Gasteiger partial charge is 0.147 e. The summed E-state index contributed by atoms with van der Waals surface area (Å²) in [5.74, 6) is 5.53. The summed E-state index contributed by atoms with van der Waals surface area (Å²) in [5.41, 5.74) is 0. The van der Waals surface area contributed by atoms with Crippen LogP contribution in [-0.2, 0) is 14.3 Å². The Morgan fingerprint density at radius 1 is 1.31 bits per heavy atom. The van der Waals surface area contributed by atoms with Crippen molar-refractivity contribution in [3.8, 4) is 11.8 Å². The molecule has 0 aromatic carbocycles. The van der Waals surface area contributed by atoms with Crippen molar-refractivity contribution in [3.63, 3.8) is 0 Å². The molecule has 0 spiro atoms. The van der Waals surface area contributed by atoms with Crippen LogP contribution in [0.25, 0.3) is 0 Å². The molecule has 0 amide bonds. The van der Waals surface area contributed by atoms with Gasteiger partial charge >= 0.3 is 0 Å². The van der Waals surface area contributed by atoms with E-state index >= 15 is 0 Å². The molecule has 3 nitrogen and oxygen atoms in total. The Hall–Kier alpha value is -0.850. The third kappa shape index (κ3) is 9.06. The maximum Gasteiger partial charge on any atom is 0.147 e. The minimum atomic E-state index is 0.131. The van der Waals surface area contributed by atoms with Gasteiger partial charge in [-0.2, -0.15) is 0 Å². The predicted molar refractivity (Wildman–Crippen MR) is 50.4 cm³/mol. The van der Waals surface area contributed by atoms with Gasteiger partial charge in [0, 0.05) is 13.5 Å². The number of ketones is 1. The molecule has 0 aliphatic carbocycles. The molecule has 0 saturated carbocycles. The third-order valence-corrected chi connectivity index (χ3v) is 1.42. The van der Waals surface area contributed by atoms with Crippen LogP contribution < -0.4 is 0 Å². The Balaban J connectivity index is 3.20. The van der Waals surface area contributed by atoms with E-state index in [2.05, 4.69) is 11.8 Å². The first-order valence-corrected chi connectivity index (χ1v) is 4.29. The minimum absolute atomic E-state index is 0.131. The second-order valence-electron chi connectivity index (χ2n) is 2.50. The third-order valence-electron chi connectivity index (χ3n) is 1.42. The first-order chi connectivity index (χ1) is 6.31. The standard InChI is InChI=1S/C10H16O3/c1-3-4-5-10(11)6-7-13-9-8-12-2/h5-9H2,1-2H3. The molecule has 0 bridgehead atoms. The molecule has 0 unspecified atom stereocenters. The molecule has 13 heavy (non-hydrogen) atoms. The Labute approximate surface area is 79.4 Å². The molecule has 0 atom stereocenters. The van der Waals surface area contributed by atoms with E-state index in [1.54, 1.807) is 14.0 Å². The molecule has 0 aromatic rings. The van der Waals surface area contributed by atoms with Crippen LogP contribution in [0.3, 0.4) is 0 Å². The molecule has 0 radical (unpaired) electrons. The van der Waals surface area contributed by atoms with Crippen LogP contribution in [0.4, 0.5) is 0 Å². The van der Waals surface area contributed by atoms with Crippen LogP contribution in [0.1, 0.15) is 19.8 Å². The van der Waals surface area contributed by atoms with Gasteiger partial charge in [0.1, 0.15) is 5.78 Å². The quantitative estimate of drug-likeness (QED) is 0.438. The van der Waals surface area contributed by atoms with E-state index < -0.39 is 0 Å². The van der Waals surface area contributed by atoms with Crippen molar-refractivity contribution in [2.75, 3.05) is 26.9 Å². The lowest BCUT2D eigenvalue weighted by Gasteiger charge is -2.01. The topological polar surface area (TPSA) is 35.5 Å². The van der Waals surface area contributed by atoms with Crippen molar-refractivity contribution < 1.29 is 14.3 Å². The van der Waals surface area contributed by atoms with Gasteiger partial charge in [0.15, 0.2) is 0 Å².